The monoisotopic (exact) mass is 391 g/mol. The molecule has 0 bridgehead atoms. The lowest BCUT2D eigenvalue weighted by Crippen LogP contribution is -2.03. The van der Waals surface area contributed by atoms with Crippen LogP contribution in [0.5, 0.6) is 5.75 Å². The molecule has 1 N–H and O–H groups in total. The highest BCUT2D eigenvalue weighted by Crippen LogP contribution is 2.26. The Kier molecular flexibility index (Phi) is 6.09. The number of hydrogen-bond donors (Lipinski definition) is 1. The van der Waals surface area contributed by atoms with Crippen LogP contribution in [-0.2, 0) is 13.2 Å². The van der Waals surface area contributed by atoms with Crippen molar-refractivity contribution in [1.82, 2.24) is 0 Å². The fourth-order valence-corrected chi connectivity index (χ4v) is 2.76. The third-order valence-electron chi connectivity index (χ3n) is 3.68. The van der Waals surface area contributed by atoms with Gasteiger partial charge < -0.3 is 10.1 Å². The van der Waals surface area contributed by atoms with E-state index in [9.17, 15) is 0 Å². The van der Waals surface area contributed by atoms with Gasteiger partial charge in [-0.25, -0.2) is 0 Å². The molecule has 0 heterocycles. The molecular formula is C20H16Cl3NO. The summed E-state index contributed by atoms with van der Waals surface area (Å²) in [5.41, 5.74) is 3.03. The number of ether oxygens (including phenoxy) is 1. The Hall–Kier alpha value is -1.87. The van der Waals surface area contributed by atoms with Crippen molar-refractivity contribution < 1.29 is 4.74 Å². The number of rotatable bonds is 6. The van der Waals surface area contributed by atoms with Crippen molar-refractivity contribution >= 4 is 40.5 Å². The van der Waals surface area contributed by atoms with E-state index in [4.69, 9.17) is 39.5 Å². The van der Waals surface area contributed by atoms with E-state index in [2.05, 4.69) is 5.32 Å². The van der Waals surface area contributed by atoms with Crippen molar-refractivity contribution in [1.29, 1.82) is 0 Å². The Morgan fingerprint density at radius 2 is 1.56 bits per heavy atom. The first-order chi connectivity index (χ1) is 12.1. The molecule has 0 spiro atoms. The quantitative estimate of drug-likeness (QED) is 0.496. The van der Waals surface area contributed by atoms with Crippen LogP contribution in [0.1, 0.15) is 11.1 Å². The molecule has 0 amide bonds. The second-order valence-electron chi connectivity index (χ2n) is 5.51. The van der Waals surface area contributed by atoms with Crippen molar-refractivity contribution in [3.63, 3.8) is 0 Å². The van der Waals surface area contributed by atoms with Gasteiger partial charge in [0, 0.05) is 22.8 Å². The van der Waals surface area contributed by atoms with Gasteiger partial charge in [-0.05, 0) is 42.0 Å². The standard InChI is InChI=1S/C20H16Cl3NO/c21-16-7-5-14(6-8-16)13-25-20-4-2-1-3-15(20)12-24-17-9-10-18(22)19(23)11-17/h1-11,24H,12-13H2. The molecule has 2 nitrogen and oxygen atoms in total. The highest BCUT2D eigenvalue weighted by molar-refractivity contribution is 6.42. The van der Waals surface area contributed by atoms with Crippen LogP contribution in [0.4, 0.5) is 5.69 Å². The van der Waals surface area contributed by atoms with E-state index in [1.807, 2.05) is 54.6 Å². The van der Waals surface area contributed by atoms with E-state index in [0.717, 1.165) is 27.6 Å². The summed E-state index contributed by atoms with van der Waals surface area (Å²) in [4.78, 5) is 0. The van der Waals surface area contributed by atoms with Crippen molar-refractivity contribution in [2.45, 2.75) is 13.2 Å². The highest BCUT2D eigenvalue weighted by Gasteiger charge is 2.05. The molecule has 0 fully saturated rings. The zero-order chi connectivity index (χ0) is 17.6. The van der Waals surface area contributed by atoms with Gasteiger partial charge in [0.05, 0.1) is 10.0 Å². The van der Waals surface area contributed by atoms with Gasteiger partial charge in [-0.15, -0.1) is 0 Å². The number of anilines is 1. The normalized spacial score (nSPS) is 10.5. The predicted octanol–water partition coefficient (Wildman–Crippen LogP) is 6.84. The minimum absolute atomic E-state index is 0.487. The number of hydrogen-bond acceptors (Lipinski definition) is 2. The second kappa shape index (κ2) is 8.48. The molecule has 0 aliphatic rings. The predicted molar refractivity (Wildman–Crippen MR) is 106 cm³/mol. The number of halogens is 3. The van der Waals surface area contributed by atoms with Crippen molar-refractivity contribution in [3.8, 4) is 5.75 Å². The molecule has 0 unspecified atom stereocenters. The summed E-state index contributed by atoms with van der Waals surface area (Å²) in [6.45, 7) is 1.11. The first kappa shape index (κ1) is 17.9. The van der Waals surface area contributed by atoms with Crippen LogP contribution in [0.3, 0.4) is 0 Å². The number of benzene rings is 3. The molecule has 3 aromatic rings. The Balaban J connectivity index is 1.65. The molecule has 0 aliphatic carbocycles. The second-order valence-corrected chi connectivity index (χ2v) is 6.76. The lowest BCUT2D eigenvalue weighted by Gasteiger charge is -2.13. The Morgan fingerprint density at radius 3 is 2.32 bits per heavy atom. The van der Waals surface area contributed by atoms with Gasteiger partial charge in [0.1, 0.15) is 12.4 Å². The zero-order valence-electron chi connectivity index (χ0n) is 13.3. The number of para-hydroxylation sites is 1. The van der Waals surface area contributed by atoms with Crippen LogP contribution >= 0.6 is 34.8 Å². The van der Waals surface area contributed by atoms with Crippen molar-refractivity contribution in [2.24, 2.45) is 0 Å². The SMILES string of the molecule is Clc1ccc(COc2ccccc2CNc2ccc(Cl)c(Cl)c2)cc1. The largest absolute Gasteiger partial charge is 0.489 e. The first-order valence-corrected chi connectivity index (χ1v) is 8.89. The Bertz CT molecular complexity index is 850. The average molecular weight is 393 g/mol. The topological polar surface area (TPSA) is 21.3 Å². The van der Waals surface area contributed by atoms with E-state index in [-0.39, 0.29) is 0 Å². The summed E-state index contributed by atoms with van der Waals surface area (Å²) in [6, 6.07) is 21.0. The summed E-state index contributed by atoms with van der Waals surface area (Å²) in [6.07, 6.45) is 0. The lowest BCUT2D eigenvalue weighted by molar-refractivity contribution is 0.303. The zero-order valence-corrected chi connectivity index (χ0v) is 15.6. The summed E-state index contributed by atoms with van der Waals surface area (Å²) in [7, 11) is 0. The highest BCUT2D eigenvalue weighted by atomic mass is 35.5. The first-order valence-electron chi connectivity index (χ1n) is 7.76. The maximum absolute atomic E-state index is 6.05. The van der Waals surface area contributed by atoms with Gasteiger partial charge in [0.2, 0.25) is 0 Å². The van der Waals surface area contributed by atoms with Gasteiger partial charge in [0.25, 0.3) is 0 Å². The van der Waals surface area contributed by atoms with E-state index < -0.39 is 0 Å². The fraction of sp³-hybridized carbons (Fsp3) is 0.100. The lowest BCUT2D eigenvalue weighted by atomic mass is 10.2. The molecule has 3 aromatic carbocycles. The van der Waals surface area contributed by atoms with E-state index >= 15 is 0 Å². The molecule has 0 aliphatic heterocycles. The third kappa shape index (κ3) is 5.05. The fourth-order valence-electron chi connectivity index (χ4n) is 2.34. The van der Waals surface area contributed by atoms with Crippen LogP contribution < -0.4 is 10.1 Å². The Labute approximate surface area is 162 Å². The summed E-state index contributed by atoms with van der Waals surface area (Å²) in [5, 5.41) is 5.12. The molecule has 0 radical (unpaired) electrons. The van der Waals surface area contributed by atoms with Gasteiger partial charge in [0.15, 0.2) is 0 Å². The van der Waals surface area contributed by atoms with Crippen molar-refractivity contribution in [3.05, 3.63) is 92.9 Å². The molecular weight excluding hydrogens is 377 g/mol. The molecule has 0 saturated heterocycles. The van der Waals surface area contributed by atoms with Crippen LogP contribution in [0.2, 0.25) is 15.1 Å². The maximum atomic E-state index is 6.05. The van der Waals surface area contributed by atoms with Crippen LogP contribution in [0.15, 0.2) is 66.7 Å². The van der Waals surface area contributed by atoms with E-state index in [1.54, 1.807) is 12.1 Å². The minimum atomic E-state index is 0.487. The van der Waals surface area contributed by atoms with Crippen molar-refractivity contribution in [2.75, 3.05) is 5.32 Å². The van der Waals surface area contributed by atoms with Gasteiger partial charge in [-0.1, -0.05) is 65.1 Å². The summed E-state index contributed by atoms with van der Waals surface area (Å²) < 4.78 is 5.96. The molecule has 0 aromatic heterocycles. The summed E-state index contributed by atoms with van der Waals surface area (Å²) in [5.74, 6) is 0.838. The van der Waals surface area contributed by atoms with E-state index in [0.29, 0.717) is 23.2 Å². The van der Waals surface area contributed by atoms with Crippen LogP contribution in [0, 0.1) is 0 Å². The summed E-state index contributed by atoms with van der Waals surface area (Å²) >= 11 is 17.9. The maximum Gasteiger partial charge on any atom is 0.124 e. The molecule has 25 heavy (non-hydrogen) atoms. The van der Waals surface area contributed by atoms with Crippen LogP contribution in [0.25, 0.3) is 0 Å². The minimum Gasteiger partial charge on any atom is -0.489 e. The Morgan fingerprint density at radius 1 is 0.800 bits per heavy atom. The van der Waals surface area contributed by atoms with Gasteiger partial charge in [-0.3, -0.25) is 0 Å². The molecule has 3 rings (SSSR count). The van der Waals surface area contributed by atoms with Gasteiger partial charge >= 0.3 is 0 Å². The smallest absolute Gasteiger partial charge is 0.124 e. The molecule has 128 valence electrons. The number of nitrogens with one attached hydrogen (secondary N) is 1. The average Bonchev–Trinajstić information content (AvgIpc) is 2.63. The molecule has 0 atom stereocenters. The molecule has 5 heteroatoms. The van der Waals surface area contributed by atoms with Crippen LogP contribution in [-0.4, -0.2) is 0 Å². The molecule has 0 saturated carbocycles. The van der Waals surface area contributed by atoms with Gasteiger partial charge in [-0.2, -0.15) is 0 Å². The third-order valence-corrected chi connectivity index (χ3v) is 4.67. The van der Waals surface area contributed by atoms with E-state index in [1.165, 1.54) is 0 Å².